The third-order valence-electron chi connectivity index (χ3n) is 3.78. The predicted molar refractivity (Wildman–Crippen MR) is 80.7 cm³/mol. The second-order valence-electron chi connectivity index (χ2n) is 5.65. The molecule has 1 aliphatic heterocycles. The maximum Gasteiger partial charge on any atom is 0.409 e. The first-order valence-electron chi connectivity index (χ1n) is 6.76. The van der Waals surface area contributed by atoms with Crippen molar-refractivity contribution >= 4 is 22.0 Å². The molecule has 1 amide bonds. The first kappa shape index (κ1) is 15.3. The number of ether oxygens (including phenoxy) is 1. The zero-order valence-electron chi connectivity index (χ0n) is 12.0. The van der Waals surface area contributed by atoms with Crippen molar-refractivity contribution in [2.75, 3.05) is 0 Å². The third-order valence-corrected chi connectivity index (χ3v) is 4.30. The molecule has 1 fully saturated rings. The molecule has 0 aliphatic carbocycles. The van der Waals surface area contributed by atoms with Crippen LogP contribution >= 0.6 is 15.9 Å². The summed E-state index contributed by atoms with van der Waals surface area (Å²) in [4.78, 5) is 12.9. The number of amides is 1. The number of benzene rings is 1. The molecular formula is C15H20BrNO3. The van der Waals surface area contributed by atoms with Crippen LogP contribution in [-0.4, -0.2) is 34.0 Å². The Morgan fingerprint density at radius 2 is 2.00 bits per heavy atom. The molecule has 0 bridgehead atoms. The highest BCUT2D eigenvalue weighted by Gasteiger charge is 2.47. The van der Waals surface area contributed by atoms with Gasteiger partial charge in [-0.05, 0) is 51.3 Å². The van der Waals surface area contributed by atoms with E-state index in [2.05, 4.69) is 28.1 Å². The molecule has 110 valence electrons. The molecular weight excluding hydrogens is 322 g/mol. The molecule has 4 nitrogen and oxygen atoms in total. The van der Waals surface area contributed by atoms with E-state index >= 15 is 0 Å². The zero-order chi connectivity index (χ0) is 14.9. The number of hydrogen-bond acceptors (Lipinski definition) is 2. The van der Waals surface area contributed by atoms with Gasteiger partial charge in [0.1, 0.15) is 5.72 Å². The highest BCUT2D eigenvalue weighted by molar-refractivity contribution is 9.10. The van der Waals surface area contributed by atoms with Gasteiger partial charge in [0, 0.05) is 4.47 Å². The molecule has 20 heavy (non-hydrogen) atoms. The molecule has 5 heteroatoms. The number of nitrogens with zero attached hydrogens (tertiary/aromatic N) is 1. The summed E-state index contributed by atoms with van der Waals surface area (Å²) in [6.45, 7) is 5.55. The zero-order valence-corrected chi connectivity index (χ0v) is 13.6. The number of aryl methyl sites for hydroxylation is 1. The Hall–Kier alpha value is -1.07. The summed E-state index contributed by atoms with van der Waals surface area (Å²) < 4.78 is 6.83. The van der Waals surface area contributed by atoms with E-state index in [0.717, 1.165) is 17.3 Å². The van der Waals surface area contributed by atoms with Gasteiger partial charge in [-0.3, -0.25) is 4.90 Å². The third kappa shape index (κ3) is 3.15. The molecule has 2 rings (SSSR count). The van der Waals surface area contributed by atoms with Crippen LogP contribution in [0.1, 0.15) is 32.8 Å². The summed E-state index contributed by atoms with van der Waals surface area (Å²) in [7, 11) is 0. The van der Waals surface area contributed by atoms with E-state index in [1.807, 2.05) is 19.1 Å². The molecule has 0 spiro atoms. The lowest BCUT2D eigenvalue weighted by atomic mass is 10.0. The van der Waals surface area contributed by atoms with Crippen LogP contribution < -0.4 is 0 Å². The van der Waals surface area contributed by atoms with Gasteiger partial charge < -0.3 is 9.84 Å². The number of carboxylic acid groups (broad SMARTS) is 1. The number of carbonyl (C=O) groups is 1. The van der Waals surface area contributed by atoms with Crippen LogP contribution in [0.15, 0.2) is 28.7 Å². The van der Waals surface area contributed by atoms with Crippen LogP contribution in [0.2, 0.25) is 0 Å². The van der Waals surface area contributed by atoms with Crippen molar-refractivity contribution < 1.29 is 14.6 Å². The van der Waals surface area contributed by atoms with E-state index in [-0.39, 0.29) is 12.1 Å². The van der Waals surface area contributed by atoms with Crippen LogP contribution in [0.25, 0.3) is 0 Å². The Morgan fingerprint density at radius 3 is 2.55 bits per heavy atom. The standard InChI is InChI=1S/C15H20BrNO3/c1-10-13(17(14(18)19)15(2,3)20-10)9-6-11-4-7-12(16)8-5-11/h4-5,7-8,10,13H,6,9H2,1-3H3,(H,18,19)/t10-,13-/m0/s1. The Labute approximate surface area is 127 Å². The summed E-state index contributed by atoms with van der Waals surface area (Å²) in [5.41, 5.74) is 0.450. The van der Waals surface area contributed by atoms with Gasteiger partial charge in [0.15, 0.2) is 0 Å². The fourth-order valence-corrected chi connectivity index (χ4v) is 3.17. The van der Waals surface area contributed by atoms with Gasteiger partial charge in [-0.2, -0.15) is 0 Å². The number of hydrogen-bond donors (Lipinski definition) is 1. The Morgan fingerprint density at radius 1 is 1.40 bits per heavy atom. The summed E-state index contributed by atoms with van der Waals surface area (Å²) >= 11 is 3.41. The smallest absolute Gasteiger partial charge is 0.409 e. The van der Waals surface area contributed by atoms with Gasteiger partial charge in [-0.1, -0.05) is 28.1 Å². The Bertz CT molecular complexity index is 486. The molecule has 1 saturated heterocycles. The van der Waals surface area contributed by atoms with Crippen molar-refractivity contribution in [3.8, 4) is 0 Å². The Kier molecular flexibility index (Phi) is 4.39. The van der Waals surface area contributed by atoms with Crippen LogP contribution in [-0.2, 0) is 11.2 Å². The molecule has 0 unspecified atom stereocenters. The average molecular weight is 342 g/mol. The highest BCUT2D eigenvalue weighted by Crippen LogP contribution is 2.34. The topological polar surface area (TPSA) is 49.8 Å². The normalized spacial score (nSPS) is 24.9. The molecule has 2 atom stereocenters. The molecule has 1 aliphatic rings. The highest BCUT2D eigenvalue weighted by atomic mass is 79.9. The fraction of sp³-hybridized carbons (Fsp3) is 0.533. The van der Waals surface area contributed by atoms with Crippen molar-refractivity contribution in [1.82, 2.24) is 4.90 Å². The van der Waals surface area contributed by atoms with Crippen molar-refractivity contribution in [3.63, 3.8) is 0 Å². The lowest BCUT2D eigenvalue weighted by Crippen LogP contribution is -2.47. The summed E-state index contributed by atoms with van der Waals surface area (Å²) in [5, 5.41) is 9.41. The second-order valence-corrected chi connectivity index (χ2v) is 6.57. The Balaban J connectivity index is 2.07. The minimum atomic E-state index is -0.917. The van der Waals surface area contributed by atoms with Gasteiger partial charge >= 0.3 is 6.09 Å². The van der Waals surface area contributed by atoms with E-state index in [0.29, 0.717) is 0 Å². The van der Waals surface area contributed by atoms with Crippen molar-refractivity contribution in [3.05, 3.63) is 34.3 Å². The molecule has 1 aromatic carbocycles. The summed E-state index contributed by atoms with van der Waals surface area (Å²) in [6, 6.07) is 8.01. The van der Waals surface area contributed by atoms with Crippen molar-refractivity contribution in [1.29, 1.82) is 0 Å². The number of rotatable bonds is 3. The van der Waals surface area contributed by atoms with Gasteiger partial charge in [0.25, 0.3) is 0 Å². The lowest BCUT2D eigenvalue weighted by Gasteiger charge is -2.31. The summed E-state index contributed by atoms with van der Waals surface area (Å²) in [6.07, 6.45) is 0.598. The van der Waals surface area contributed by atoms with Crippen LogP contribution in [0.5, 0.6) is 0 Å². The minimum absolute atomic E-state index is 0.0865. The second kappa shape index (κ2) is 5.74. The number of halogens is 1. The van der Waals surface area contributed by atoms with Crippen LogP contribution in [0.3, 0.4) is 0 Å². The first-order valence-corrected chi connectivity index (χ1v) is 7.55. The maximum absolute atomic E-state index is 11.5. The van der Waals surface area contributed by atoms with E-state index in [9.17, 15) is 9.90 Å². The SMILES string of the molecule is C[C@@H]1OC(C)(C)N(C(=O)O)[C@H]1CCc1ccc(Br)cc1. The average Bonchev–Trinajstić information content (AvgIpc) is 2.57. The fourth-order valence-electron chi connectivity index (χ4n) is 2.90. The molecule has 0 saturated carbocycles. The van der Waals surface area contributed by atoms with E-state index < -0.39 is 11.8 Å². The largest absolute Gasteiger partial charge is 0.465 e. The maximum atomic E-state index is 11.5. The van der Waals surface area contributed by atoms with Gasteiger partial charge in [-0.15, -0.1) is 0 Å². The molecule has 1 aromatic rings. The van der Waals surface area contributed by atoms with Crippen LogP contribution in [0.4, 0.5) is 4.79 Å². The molecule has 1 heterocycles. The lowest BCUT2D eigenvalue weighted by molar-refractivity contribution is -0.0619. The monoisotopic (exact) mass is 341 g/mol. The van der Waals surface area contributed by atoms with Crippen molar-refractivity contribution in [2.24, 2.45) is 0 Å². The first-order chi connectivity index (χ1) is 9.31. The van der Waals surface area contributed by atoms with E-state index in [1.54, 1.807) is 13.8 Å². The van der Waals surface area contributed by atoms with Crippen LogP contribution in [0, 0.1) is 0 Å². The molecule has 0 aromatic heterocycles. The van der Waals surface area contributed by atoms with E-state index in [1.165, 1.54) is 10.5 Å². The van der Waals surface area contributed by atoms with E-state index in [4.69, 9.17) is 4.74 Å². The van der Waals surface area contributed by atoms with Crippen molar-refractivity contribution in [2.45, 2.75) is 51.5 Å². The molecule has 0 radical (unpaired) electrons. The minimum Gasteiger partial charge on any atom is -0.465 e. The predicted octanol–water partition coefficient (Wildman–Crippen LogP) is 3.89. The van der Waals surface area contributed by atoms with Gasteiger partial charge in [-0.25, -0.2) is 4.79 Å². The van der Waals surface area contributed by atoms with Gasteiger partial charge in [0.05, 0.1) is 12.1 Å². The summed E-state index contributed by atoms with van der Waals surface area (Å²) in [5.74, 6) is 0. The van der Waals surface area contributed by atoms with Gasteiger partial charge in [0.2, 0.25) is 0 Å². The molecule has 1 N–H and O–H groups in total. The quantitative estimate of drug-likeness (QED) is 0.907.